The molecule has 1 amide bonds. The number of nitrogens with zero attached hydrogens (tertiary/aromatic N) is 2. The molecule has 0 aromatic carbocycles. The highest BCUT2D eigenvalue weighted by molar-refractivity contribution is 9.10. The minimum atomic E-state index is 0.0326. The van der Waals surface area contributed by atoms with Crippen LogP contribution in [0.5, 0.6) is 0 Å². The molecule has 1 fully saturated rings. The van der Waals surface area contributed by atoms with Crippen molar-refractivity contribution in [1.82, 2.24) is 14.8 Å². The van der Waals surface area contributed by atoms with E-state index in [-0.39, 0.29) is 5.91 Å². The maximum absolute atomic E-state index is 12.2. The van der Waals surface area contributed by atoms with Crippen LogP contribution in [-0.2, 0) is 7.05 Å². The number of piperidine rings is 1. The van der Waals surface area contributed by atoms with Crippen LogP contribution in [0.1, 0.15) is 43.1 Å². The van der Waals surface area contributed by atoms with E-state index in [0.29, 0.717) is 11.7 Å². The molecule has 1 aliphatic rings. The molecule has 1 aliphatic heterocycles. The smallest absolute Gasteiger partial charge is 0.268 e. The van der Waals surface area contributed by atoms with Gasteiger partial charge in [-0.3, -0.25) is 4.79 Å². The molecule has 1 N–H and O–H groups in total. The fraction of sp³-hybridized carbons (Fsp3) is 0.667. The van der Waals surface area contributed by atoms with E-state index in [9.17, 15) is 4.79 Å². The van der Waals surface area contributed by atoms with Crippen LogP contribution < -0.4 is 5.32 Å². The summed E-state index contributed by atoms with van der Waals surface area (Å²) in [7, 11) is 1.90. The first-order valence-electron chi connectivity index (χ1n) is 7.45. The van der Waals surface area contributed by atoms with Crippen LogP contribution >= 0.6 is 15.9 Å². The Hall–Kier alpha value is -0.810. The quantitative estimate of drug-likeness (QED) is 0.894. The van der Waals surface area contributed by atoms with Crippen LogP contribution in [0, 0.1) is 0 Å². The average molecular weight is 342 g/mol. The number of rotatable bonds is 5. The highest BCUT2D eigenvalue weighted by Gasteiger charge is 2.21. The van der Waals surface area contributed by atoms with Crippen molar-refractivity contribution in [3.05, 3.63) is 22.4 Å². The van der Waals surface area contributed by atoms with Crippen molar-refractivity contribution in [3.8, 4) is 0 Å². The van der Waals surface area contributed by atoms with E-state index in [1.54, 1.807) is 0 Å². The number of nitrogens with one attached hydrogen (secondary N) is 1. The normalized spacial score (nSPS) is 17.4. The molecular weight excluding hydrogens is 318 g/mol. The molecule has 112 valence electrons. The first-order chi connectivity index (χ1) is 9.60. The Morgan fingerprint density at radius 2 is 2.15 bits per heavy atom. The molecule has 0 unspecified atom stereocenters. The van der Waals surface area contributed by atoms with Crippen molar-refractivity contribution in [2.75, 3.05) is 19.6 Å². The first-order valence-corrected chi connectivity index (χ1v) is 8.24. The van der Waals surface area contributed by atoms with Crippen molar-refractivity contribution in [1.29, 1.82) is 0 Å². The Labute approximate surface area is 129 Å². The van der Waals surface area contributed by atoms with Gasteiger partial charge in [-0.05, 0) is 47.8 Å². The van der Waals surface area contributed by atoms with Crippen molar-refractivity contribution < 1.29 is 4.79 Å². The second-order valence-corrected chi connectivity index (χ2v) is 6.51. The zero-order valence-corrected chi connectivity index (χ0v) is 13.9. The van der Waals surface area contributed by atoms with Crippen LogP contribution in [0.2, 0.25) is 0 Å². The zero-order chi connectivity index (χ0) is 14.5. The highest BCUT2D eigenvalue weighted by atomic mass is 79.9. The van der Waals surface area contributed by atoms with Crippen LogP contribution in [0.4, 0.5) is 0 Å². The minimum Gasteiger partial charge on any atom is -0.348 e. The number of aromatic nitrogens is 1. The fourth-order valence-corrected chi connectivity index (χ4v) is 3.22. The molecule has 0 spiro atoms. The van der Waals surface area contributed by atoms with Gasteiger partial charge in [0.15, 0.2) is 0 Å². The van der Waals surface area contributed by atoms with Gasteiger partial charge in [-0.1, -0.05) is 13.3 Å². The molecule has 0 aliphatic carbocycles. The lowest BCUT2D eigenvalue weighted by atomic mass is 10.0. The van der Waals surface area contributed by atoms with E-state index < -0.39 is 0 Å². The monoisotopic (exact) mass is 341 g/mol. The fourth-order valence-electron chi connectivity index (χ4n) is 2.69. The maximum Gasteiger partial charge on any atom is 0.268 e. The number of hydrogen-bond acceptors (Lipinski definition) is 2. The van der Waals surface area contributed by atoms with E-state index in [2.05, 4.69) is 33.1 Å². The van der Waals surface area contributed by atoms with Gasteiger partial charge in [-0.25, -0.2) is 0 Å². The summed E-state index contributed by atoms with van der Waals surface area (Å²) in [6.45, 7) is 5.62. The molecule has 1 aromatic rings. The summed E-state index contributed by atoms with van der Waals surface area (Å²) >= 11 is 3.40. The average Bonchev–Trinajstić information content (AvgIpc) is 2.77. The summed E-state index contributed by atoms with van der Waals surface area (Å²) in [5, 5.41) is 3.16. The summed E-state index contributed by atoms with van der Waals surface area (Å²) in [6, 6.07) is 2.18. The number of amides is 1. The summed E-state index contributed by atoms with van der Waals surface area (Å²) in [5.74, 6) is 0.0326. The Bertz CT molecular complexity index is 450. The van der Waals surface area contributed by atoms with E-state index >= 15 is 0 Å². The second kappa shape index (κ2) is 7.27. The molecule has 20 heavy (non-hydrogen) atoms. The molecule has 1 aromatic heterocycles. The molecule has 5 heteroatoms. The minimum absolute atomic E-state index is 0.0326. The third kappa shape index (κ3) is 4.09. The lowest BCUT2D eigenvalue weighted by Crippen LogP contribution is -2.45. The Morgan fingerprint density at radius 1 is 1.45 bits per heavy atom. The van der Waals surface area contributed by atoms with Crippen molar-refractivity contribution in [2.45, 2.75) is 38.6 Å². The van der Waals surface area contributed by atoms with Gasteiger partial charge in [0.05, 0.1) is 0 Å². The molecule has 1 saturated heterocycles. The van der Waals surface area contributed by atoms with Crippen molar-refractivity contribution in [3.63, 3.8) is 0 Å². The van der Waals surface area contributed by atoms with Crippen LogP contribution in [0.25, 0.3) is 0 Å². The Morgan fingerprint density at radius 3 is 2.70 bits per heavy atom. The van der Waals surface area contributed by atoms with Gasteiger partial charge in [0.2, 0.25) is 0 Å². The Kier molecular flexibility index (Phi) is 5.66. The SMILES string of the molecule is CCCCN1CCC(NC(=O)c2cc(Br)cn2C)CC1. The summed E-state index contributed by atoms with van der Waals surface area (Å²) in [5.41, 5.74) is 0.713. The van der Waals surface area contributed by atoms with E-state index in [0.717, 1.165) is 30.4 Å². The van der Waals surface area contributed by atoms with Gasteiger partial charge in [0.25, 0.3) is 5.91 Å². The molecule has 0 saturated carbocycles. The van der Waals surface area contributed by atoms with Gasteiger partial charge in [0, 0.05) is 36.8 Å². The molecule has 2 rings (SSSR count). The van der Waals surface area contributed by atoms with E-state index in [4.69, 9.17) is 0 Å². The van der Waals surface area contributed by atoms with Crippen LogP contribution in [0.3, 0.4) is 0 Å². The number of aryl methyl sites for hydroxylation is 1. The molecule has 0 atom stereocenters. The van der Waals surface area contributed by atoms with Crippen molar-refractivity contribution in [2.24, 2.45) is 7.05 Å². The largest absolute Gasteiger partial charge is 0.348 e. The van der Waals surface area contributed by atoms with E-state index in [1.807, 2.05) is 23.9 Å². The number of hydrogen-bond donors (Lipinski definition) is 1. The first kappa shape index (κ1) is 15.6. The number of carbonyl (C=O) groups excluding carboxylic acids is 1. The third-order valence-corrected chi connectivity index (χ3v) is 4.39. The number of likely N-dealkylation sites (tertiary alicyclic amines) is 1. The summed E-state index contributed by atoms with van der Waals surface area (Å²) in [6.07, 6.45) is 6.54. The van der Waals surface area contributed by atoms with Crippen LogP contribution in [-0.4, -0.2) is 41.1 Å². The number of carbonyl (C=O) groups is 1. The van der Waals surface area contributed by atoms with Crippen molar-refractivity contribution >= 4 is 21.8 Å². The number of halogens is 1. The highest BCUT2D eigenvalue weighted by Crippen LogP contribution is 2.15. The molecule has 0 bridgehead atoms. The van der Waals surface area contributed by atoms with Crippen LogP contribution in [0.15, 0.2) is 16.7 Å². The standard InChI is InChI=1S/C15H24BrN3O/c1-3-4-7-19-8-5-13(6-9-19)17-15(20)14-10-12(16)11-18(14)2/h10-11,13H,3-9H2,1-2H3,(H,17,20). The van der Waals surface area contributed by atoms with Gasteiger partial charge in [0.1, 0.15) is 5.69 Å². The second-order valence-electron chi connectivity index (χ2n) is 5.60. The topological polar surface area (TPSA) is 37.3 Å². The van der Waals surface area contributed by atoms with Gasteiger partial charge < -0.3 is 14.8 Å². The van der Waals surface area contributed by atoms with Gasteiger partial charge in [-0.15, -0.1) is 0 Å². The molecule has 0 radical (unpaired) electrons. The van der Waals surface area contributed by atoms with E-state index in [1.165, 1.54) is 19.4 Å². The molecular formula is C15H24BrN3O. The summed E-state index contributed by atoms with van der Waals surface area (Å²) in [4.78, 5) is 14.7. The molecule has 2 heterocycles. The van der Waals surface area contributed by atoms with Gasteiger partial charge >= 0.3 is 0 Å². The predicted molar refractivity (Wildman–Crippen MR) is 84.9 cm³/mol. The lowest BCUT2D eigenvalue weighted by molar-refractivity contribution is 0.0902. The summed E-state index contributed by atoms with van der Waals surface area (Å²) < 4.78 is 2.80. The maximum atomic E-state index is 12.2. The predicted octanol–water partition coefficient (Wildman–Crippen LogP) is 2.78. The third-order valence-electron chi connectivity index (χ3n) is 3.95. The molecule has 4 nitrogen and oxygen atoms in total. The number of unbranched alkanes of at least 4 members (excludes halogenated alkanes) is 1. The lowest BCUT2D eigenvalue weighted by Gasteiger charge is -2.32. The Balaban J connectivity index is 1.80. The van der Waals surface area contributed by atoms with Gasteiger partial charge in [-0.2, -0.15) is 0 Å². The zero-order valence-electron chi connectivity index (χ0n) is 12.4.